The van der Waals surface area contributed by atoms with Gasteiger partial charge in [-0.1, -0.05) is 6.07 Å². The van der Waals surface area contributed by atoms with E-state index in [-0.39, 0.29) is 5.91 Å². The monoisotopic (exact) mass is 267 g/mol. The molecule has 5 heteroatoms. The number of carbonyl (C=O) groups is 1. The van der Waals surface area contributed by atoms with Gasteiger partial charge >= 0.3 is 0 Å². The van der Waals surface area contributed by atoms with Gasteiger partial charge in [-0.2, -0.15) is 0 Å². The molecule has 1 atom stereocenters. The van der Waals surface area contributed by atoms with Gasteiger partial charge in [0.1, 0.15) is 0 Å². The van der Waals surface area contributed by atoms with Crippen LogP contribution in [0.15, 0.2) is 17.5 Å². The minimum atomic E-state index is 0.139. The Morgan fingerprint density at radius 1 is 1.67 bits per heavy atom. The molecule has 100 valence electrons. The summed E-state index contributed by atoms with van der Waals surface area (Å²) in [6.45, 7) is 6.33. The molecule has 1 fully saturated rings. The minimum absolute atomic E-state index is 0.139. The fraction of sp³-hybridized carbons (Fsp3) is 0.615. The molecule has 0 aromatic carbocycles. The van der Waals surface area contributed by atoms with Crippen LogP contribution in [0.5, 0.6) is 0 Å². The van der Waals surface area contributed by atoms with Crippen LogP contribution >= 0.6 is 11.3 Å². The van der Waals surface area contributed by atoms with Gasteiger partial charge in [0.15, 0.2) is 0 Å². The summed E-state index contributed by atoms with van der Waals surface area (Å²) in [7, 11) is 0. The van der Waals surface area contributed by atoms with E-state index in [4.69, 9.17) is 0 Å². The van der Waals surface area contributed by atoms with Crippen molar-refractivity contribution in [1.29, 1.82) is 0 Å². The molecule has 18 heavy (non-hydrogen) atoms. The topological polar surface area (TPSA) is 44.4 Å². The second-order valence-corrected chi connectivity index (χ2v) is 5.74. The lowest BCUT2D eigenvalue weighted by Gasteiger charge is -2.33. The average Bonchev–Trinajstić information content (AvgIpc) is 2.85. The normalized spacial score (nSPS) is 20.8. The van der Waals surface area contributed by atoms with Gasteiger partial charge in [-0.3, -0.25) is 9.69 Å². The second kappa shape index (κ2) is 6.87. The molecule has 2 N–H and O–H groups in total. The van der Waals surface area contributed by atoms with E-state index in [1.54, 1.807) is 11.3 Å². The first-order valence-electron chi connectivity index (χ1n) is 6.49. The van der Waals surface area contributed by atoms with Crippen LogP contribution in [0.25, 0.3) is 0 Å². The summed E-state index contributed by atoms with van der Waals surface area (Å²) in [5.41, 5.74) is 0. The molecule has 0 saturated carbocycles. The maximum absolute atomic E-state index is 11.8. The maximum atomic E-state index is 11.8. The third-order valence-electron chi connectivity index (χ3n) is 3.26. The number of piperazine rings is 1. The highest BCUT2D eigenvalue weighted by molar-refractivity contribution is 7.09. The van der Waals surface area contributed by atoms with E-state index >= 15 is 0 Å². The number of rotatable bonds is 5. The smallest absolute Gasteiger partial charge is 0.234 e. The van der Waals surface area contributed by atoms with E-state index in [1.807, 2.05) is 6.07 Å². The van der Waals surface area contributed by atoms with Crippen LogP contribution in [0.1, 0.15) is 11.8 Å². The first-order valence-corrected chi connectivity index (χ1v) is 7.37. The average molecular weight is 267 g/mol. The Hall–Kier alpha value is -0.910. The number of hydrogen-bond donors (Lipinski definition) is 2. The van der Waals surface area contributed by atoms with E-state index < -0.39 is 0 Å². The van der Waals surface area contributed by atoms with Crippen molar-refractivity contribution in [3.8, 4) is 0 Å². The minimum Gasteiger partial charge on any atom is -0.355 e. The third-order valence-corrected chi connectivity index (χ3v) is 4.20. The standard InChI is InChI=1S/C13H21N3OS/c1-11-9-14-6-7-16(11)10-13(17)15-5-4-12-3-2-8-18-12/h2-3,8,11,14H,4-7,9-10H2,1H3,(H,15,17)/t11-/m1/s1. The van der Waals surface area contributed by atoms with E-state index in [0.717, 1.165) is 32.6 Å². The summed E-state index contributed by atoms with van der Waals surface area (Å²) in [5, 5.41) is 8.39. The van der Waals surface area contributed by atoms with Crippen molar-refractivity contribution in [2.75, 3.05) is 32.7 Å². The lowest BCUT2D eigenvalue weighted by atomic mass is 10.2. The Labute approximate surface area is 112 Å². The zero-order chi connectivity index (χ0) is 12.8. The van der Waals surface area contributed by atoms with E-state index in [1.165, 1.54) is 4.88 Å². The van der Waals surface area contributed by atoms with Crippen LogP contribution in [0.2, 0.25) is 0 Å². The van der Waals surface area contributed by atoms with Gasteiger partial charge in [0.25, 0.3) is 0 Å². The first kappa shape index (κ1) is 13.5. The summed E-state index contributed by atoms with van der Waals surface area (Å²) < 4.78 is 0. The van der Waals surface area contributed by atoms with Crippen molar-refractivity contribution in [2.24, 2.45) is 0 Å². The molecule has 1 aromatic heterocycles. The molecule has 0 aliphatic carbocycles. The molecule has 1 aromatic rings. The molecular formula is C13H21N3OS. The van der Waals surface area contributed by atoms with E-state index in [0.29, 0.717) is 12.6 Å². The Morgan fingerprint density at radius 3 is 3.28 bits per heavy atom. The SMILES string of the molecule is C[C@@H]1CNCCN1CC(=O)NCCc1cccs1. The van der Waals surface area contributed by atoms with E-state index in [9.17, 15) is 4.79 Å². The van der Waals surface area contributed by atoms with Crippen LogP contribution in [-0.4, -0.2) is 49.6 Å². The van der Waals surface area contributed by atoms with Gasteiger partial charge in [0, 0.05) is 37.1 Å². The van der Waals surface area contributed by atoms with Crippen LogP contribution in [0.4, 0.5) is 0 Å². The second-order valence-electron chi connectivity index (χ2n) is 4.70. The largest absolute Gasteiger partial charge is 0.355 e. The molecule has 0 radical (unpaired) electrons. The zero-order valence-corrected chi connectivity index (χ0v) is 11.6. The highest BCUT2D eigenvalue weighted by Crippen LogP contribution is 2.08. The van der Waals surface area contributed by atoms with Crippen molar-refractivity contribution in [2.45, 2.75) is 19.4 Å². The molecule has 1 aliphatic heterocycles. The highest BCUT2D eigenvalue weighted by Gasteiger charge is 2.19. The summed E-state index contributed by atoms with van der Waals surface area (Å²) in [4.78, 5) is 15.4. The molecule has 4 nitrogen and oxygen atoms in total. The van der Waals surface area contributed by atoms with Gasteiger partial charge in [-0.25, -0.2) is 0 Å². The molecule has 2 rings (SSSR count). The van der Waals surface area contributed by atoms with Gasteiger partial charge in [0.2, 0.25) is 5.91 Å². The molecule has 0 bridgehead atoms. The number of carbonyl (C=O) groups excluding carboxylic acids is 1. The number of thiophene rings is 1. The van der Waals surface area contributed by atoms with Crippen molar-refractivity contribution in [3.05, 3.63) is 22.4 Å². The lowest BCUT2D eigenvalue weighted by Crippen LogP contribution is -2.52. The Kier molecular flexibility index (Phi) is 5.16. The summed E-state index contributed by atoms with van der Waals surface area (Å²) in [6.07, 6.45) is 0.931. The molecule has 0 spiro atoms. The summed E-state index contributed by atoms with van der Waals surface area (Å²) in [6, 6.07) is 4.60. The molecular weight excluding hydrogens is 246 g/mol. The molecule has 0 unspecified atom stereocenters. The Morgan fingerprint density at radius 2 is 2.56 bits per heavy atom. The first-order chi connectivity index (χ1) is 8.75. The predicted octanol–water partition coefficient (Wildman–Crippen LogP) is 0.701. The van der Waals surface area contributed by atoms with Gasteiger partial charge in [-0.05, 0) is 24.8 Å². The number of nitrogens with zero attached hydrogens (tertiary/aromatic N) is 1. The fourth-order valence-electron chi connectivity index (χ4n) is 2.14. The van der Waals surface area contributed by atoms with Gasteiger partial charge in [0.05, 0.1) is 6.54 Å². The van der Waals surface area contributed by atoms with Crippen LogP contribution in [0, 0.1) is 0 Å². The van der Waals surface area contributed by atoms with Crippen molar-refractivity contribution in [3.63, 3.8) is 0 Å². The summed E-state index contributed by atoms with van der Waals surface area (Å²) >= 11 is 1.74. The number of hydrogen-bond acceptors (Lipinski definition) is 4. The highest BCUT2D eigenvalue weighted by atomic mass is 32.1. The van der Waals surface area contributed by atoms with Gasteiger partial charge < -0.3 is 10.6 Å². The zero-order valence-electron chi connectivity index (χ0n) is 10.8. The predicted molar refractivity (Wildman–Crippen MR) is 74.9 cm³/mol. The lowest BCUT2D eigenvalue weighted by molar-refractivity contribution is -0.122. The Bertz CT molecular complexity index is 366. The molecule has 1 saturated heterocycles. The maximum Gasteiger partial charge on any atom is 0.234 e. The van der Waals surface area contributed by atoms with Crippen molar-refractivity contribution in [1.82, 2.24) is 15.5 Å². The third kappa shape index (κ3) is 4.08. The quantitative estimate of drug-likeness (QED) is 0.825. The van der Waals surface area contributed by atoms with Crippen LogP contribution < -0.4 is 10.6 Å². The summed E-state index contributed by atoms with van der Waals surface area (Å²) in [5.74, 6) is 0.139. The van der Waals surface area contributed by atoms with Gasteiger partial charge in [-0.15, -0.1) is 11.3 Å². The van der Waals surface area contributed by atoms with Crippen LogP contribution in [-0.2, 0) is 11.2 Å². The van der Waals surface area contributed by atoms with Crippen molar-refractivity contribution >= 4 is 17.2 Å². The number of nitrogens with one attached hydrogen (secondary N) is 2. The molecule has 1 aliphatic rings. The number of amides is 1. The fourth-order valence-corrected chi connectivity index (χ4v) is 2.85. The van der Waals surface area contributed by atoms with E-state index in [2.05, 4.69) is 33.9 Å². The molecule has 2 heterocycles. The Balaban J connectivity index is 1.65. The van der Waals surface area contributed by atoms with Crippen molar-refractivity contribution < 1.29 is 4.79 Å². The van der Waals surface area contributed by atoms with Crippen LogP contribution in [0.3, 0.4) is 0 Å². The molecule has 1 amide bonds.